The predicted molar refractivity (Wildman–Crippen MR) is 45.8 cm³/mol. The van der Waals surface area contributed by atoms with Gasteiger partial charge in [0.15, 0.2) is 4.47 Å². The Balaban J connectivity index is 2.96. The fourth-order valence-electron chi connectivity index (χ4n) is 0.596. The molecule has 0 bridgehead atoms. The van der Waals surface area contributed by atoms with Crippen LogP contribution in [0.2, 0.25) is 4.47 Å². The average Bonchev–Trinajstić information content (AvgIpc) is 2.11. The van der Waals surface area contributed by atoms with Crippen LogP contribution in [0.25, 0.3) is 0 Å². The molecular weight excluding hydrogens is 166 g/mol. The van der Waals surface area contributed by atoms with Crippen molar-refractivity contribution in [3.05, 3.63) is 15.5 Å². The van der Waals surface area contributed by atoms with E-state index in [1.165, 1.54) is 11.3 Å². The van der Waals surface area contributed by atoms with E-state index in [-0.39, 0.29) is 5.41 Å². The van der Waals surface area contributed by atoms with Crippen molar-refractivity contribution in [3.63, 3.8) is 0 Å². The minimum Gasteiger partial charge on any atom is -0.229 e. The van der Waals surface area contributed by atoms with E-state index < -0.39 is 0 Å². The maximum atomic E-state index is 5.67. The predicted octanol–water partition coefficient (Wildman–Crippen LogP) is 3.09. The van der Waals surface area contributed by atoms with Crippen molar-refractivity contribution in [2.45, 2.75) is 26.2 Å². The van der Waals surface area contributed by atoms with Crippen molar-refractivity contribution in [1.82, 2.24) is 4.98 Å². The molecule has 0 N–H and O–H groups in total. The maximum absolute atomic E-state index is 5.67. The van der Waals surface area contributed by atoms with Crippen molar-refractivity contribution < 1.29 is 0 Å². The second-order valence-corrected chi connectivity index (χ2v) is 4.68. The van der Waals surface area contributed by atoms with E-state index in [1.54, 1.807) is 0 Å². The minimum absolute atomic E-state index is 0.129. The number of nitrogens with zero attached hydrogens (tertiary/aromatic N) is 1. The normalized spacial score (nSPS) is 12.0. The largest absolute Gasteiger partial charge is 0.229 e. The summed E-state index contributed by atoms with van der Waals surface area (Å²) in [4.78, 5) is 4.17. The van der Waals surface area contributed by atoms with Crippen LogP contribution in [0, 0.1) is 0 Å². The van der Waals surface area contributed by atoms with E-state index >= 15 is 0 Å². The van der Waals surface area contributed by atoms with Crippen molar-refractivity contribution in [1.29, 1.82) is 0 Å². The molecule has 0 aliphatic carbocycles. The van der Waals surface area contributed by atoms with E-state index in [9.17, 15) is 0 Å². The minimum atomic E-state index is 0.129. The quantitative estimate of drug-likeness (QED) is 0.591. The molecule has 0 aliphatic rings. The lowest BCUT2D eigenvalue weighted by atomic mass is 9.93. The molecule has 1 rings (SSSR count). The molecule has 0 amide bonds. The lowest BCUT2D eigenvalue weighted by Gasteiger charge is -2.13. The fourth-order valence-corrected chi connectivity index (χ4v) is 1.59. The molecule has 1 heterocycles. The first-order valence-electron chi connectivity index (χ1n) is 3.11. The van der Waals surface area contributed by atoms with E-state index in [4.69, 9.17) is 11.6 Å². The Morgan fingerprint density at radius 3 is 2.30 bits per heavy atom. The Morgan fingerprint density at radius 2 is 2.10 bits per heavy atom. The van der Waals surface area contributed by atoms with Gasteiger partial charge < -0.3 is 0 Å². The van der Waals surface area contributed by atoms with E-state index in [0.29, 0.717) is 4.47 Å². The lowest BCUT2D eigenvalue weighted by molar-refractivity contribution is 0.573. The van der Waals surface area contributed by atoms with Crippen LogP contribution in [-0.4, -0.2) is 4.98 Å². The Kier molecular flexibility index (Phi) is 2.02. The molecule has 56 valence electrons. The second-order valence-electron chi connectivity index (χ2n) is 3.24. The summed E-state index contributed by atoms with van der Waals surface area (Å²) in [5, 5.41) is 2.00. The number of hydrogen-bond donors (Lipinski definition) is 0. The number of halogens is 1. The maximum Gasteiger partial charge on any atom is 0.183 e. The van der Waals surface area contributed by atoms with Crippen molar-refractivity contribution in [2.75, 3.05) is 0 Å². The van der Waals surface area contributed by atoms with E-state index in [1.807, 2.05) is 5.38 Å². The molecule has 0 saturated heterocycles. The molecule has 1 aromatic rings. The van der Waals surface area contributed by atoms with Crippen molar-refractivity contribution in [3.8, 4) is 0 Å². The highest BCUT2D eigenvalue weighted by Crippen LogP contribution is 2.25. The van der Waals surface area contributed by atoms with Gasteiger partial charge in [-0.1, -0.05) is 32.4 Å². The van der Waals surface area contributed by atoms with Gasteiger partial charge in [0, 0.05) is 10.8 Å². The second kappa shape index (κ2) is 2.51. The first-order chi connectivity index (χ1) is 4.50. The zero-order valence-electron chi connectivity index (χ0n) is 6.31. The van der Waals surface area contributed by atoms with Gasteiger partial charge in [-0.25, -0.2) is 4.98 Å². The van der Waals surface area contributed by atoms with Gasteiger partial charge in [0.2, 0.25) is 0 Å². The summed E-state index contributed by atoms with van der Waals surface area (Å²) in [5.41, 5.74) is 1.20. The molecule has 10 heavy (non-hydrogen) atoms. The molecule has 0 spiro atoms. The molecule has 0 aliphatic heterocycles. The third-order valence-corrected chi connectivity index (χ3v) is 2.22. The molecule has 0 radical (unpaired) electrons. The van der Waals surface area contributed by atoms with Gasteiger partial charge in [-0.15, -0.1) is 11.3 Å². The summed E-state index contributed by atoms with van der Waals surface area (Å²) in [7, 11) is 0. The summed E-state index contributed by atoms with van der Waals surface area (Å²) >= 11 is 7.16. The average molecular weight is 176 g/mol. The monoisotopic (exact) mass is 175 g/mol. The summed E-state index contributed by atoms with van der Waals surface area (Å²) in [6, 6.07) is 0. The SMILES string of the molecule is CC(C)(C)c1csc(Cl)n1. The smallest absolute Gasteiger partial charge is 0.183 e. The summed E-state index contributed by atoms with van der Waals surface area (Å²) in [6.07, 6.45) is 0. The molecule has 1 aromatic heterocycles. The summed E-state index contributed by atoms with van der Waals surface area (Å²) in [5.74, 6) is 0. The van der Waals surface area contributed by atoms with Gasteiger partial charge in [-0.2, -0.15) is 0 Å². The molecule has 0 fully saturated rings. The lowest BCUT2D eigenvalue weighted by Crippen LogP contribution is -2.10. The number of hydrogen-bond acceptors (Lipinski definition) is 2. The van der Waals surface area contributed by atoms with Gasteiger partial charge in [0.05, 0.1) is 5.69 Å². The van der Waals surface area contributed by atoms with Crippen LogP contribution in [0.5, 0.6) is 0 Å². The highest BCUT2D eigenvalue weighted by Gasteiger charge is 2.16. The van der Waals surface area contributed by atoms with Gasteiger partial charge in [-0.3, -0.25) is 0 Å². The molecule has 0 saturated carbocycles. The van der Waals surface area contributed by atoms with Gasteiger partial charge >= 0.3 is 0 Å². The number of rotatable bonds is 0. The molecule has 0 unspecified atom stereocenters. The highest BCUT2D eigenvalue weighted by atomic mass is 35.5. The third kappa shape index (κ3) is 1.70. The van der Waals surface area contributed by atoms with Crippen LogP contribution in [0.3, 0.4) is 0 Å². The Morgan fingerprint density at radius 1 is 1.50 bits per heavy atom. The molecule has 0 aromatic carbocycles. The third-order valence-electron chi connectivity index (χ3n) is 1.24. The van der Waals surface area contributed by atoms with Crippen LogP contribution in [0.4, 0.5) is 0 Å². The first kappa shape index (κ1) is 8.02. The van der Waals surface area contributed by atoms with Gasteiger partial charge in [0.25, 0.3) is 0 Å². The van der Waals surface area contributed by atoms with Crippen LogP contribution in [-0.2, 0) is 5.41 Å². The van der Waals surface area contributed by atoms with Crippen LogP contribution < -0.4 is 0 Å². The zero-order chi connectivity index (χ0) is 7.78. The van der Waals surface area contributed by atoms with E-state index in [2.05, 4.69) is 25.8 Å². The molecule has 3 heteroatoms. The fraction of sp³-hybridized carbons (Fsp3) is 0.571. The van der Waals surface area contributed by atoms with Crippen molar-refractivity contribution in [2.24, 2.45) is 0 Å². The molecule has 0 atom stereocenters. The Labute approximate surface area is 70.1 Å². The summed E-state index contributed by atoms with van der Waals surface area (Å²) < 4.78 is 0.630. The van der Waals surface area contributed by atoms with Gasteiger partial charge in [-0.05, 0) is 0 Å². The number of thiazole rings is 1. The molecule has 1 nitrogen and oxygen atoms in total. The Bertz CT molecular complexity index is 224. The van der Waals surface area contributed by atoms with Gasteiger partial charge in [0.1, 0.15) is 0 Å². The van der Waals surface area contributed by atoms with Crippen LogP contribution in [0.1, 0.15) is 26.5 Å². The summed E-state index contributed by atoms with van der Waals surface area (Å²) in [6.45, 7) is 6.37. The first-order valence-corrected chi connectivity index (χ1v) is 4.37. The Hall–Kier alpha value is -0.0800. The van der Waals surface area contributed by atoms with Crippen molar-refractivity contribution >= 4 is 22.9 Å². The molecular formula is C7H10ClNS. The van der Waals surface area contributed by atoms with E-state index in [0.717, 1.165) is 5.69 Å². The number of aromatic nitrogens is 1. The standard InChI is InChI=1S/C7H10ClNS/c1-7(2,3)5-4-10-6(8)9-5/h4H,1-3H3. The van der Waals surface area contributed by atoms with Crippen LogP contribution >= 0.6 is 22.9 Å². The van der Waals surface area contributed by atoms with Crippen LogP contribution in [0.15, 0.2) is 5.38 Å². The zero-order valence-corrected chi connectivity index (χ0v) is 7.88. The topological polar surface area (TPSA) is 12.9 Å². The highest BCUT2D eigenvalue weighted by molar-refractivity contribution is 7.13.